The van der Waals surface area contributed by atoms with Gasteiger partial charge in [-0.3, -0.25) is 9.59 Å². The van der Waals surface area contributed by atoms with Crippen molar-refractivity contribution in [3.05, 3.63) is 28.8 Å². The average Bonchev–Trinajstić information content (AvgIpc) is 2.59. The average molecular weight is 523 g/mol. The smallest absolute Gasteiger partial charge is 0.416 e. The van der Waals surface area contributed by atoms with E-state index in [0.29, 0.717) is 11.8 Å². The maximum Gasteiger partial charge on any atom is 0.416 e. The lowest BCUT2D eigenvalue weighted by Crippen LogP contribution is -2.53. The molecule has 9 heteroatoms. The van der Waals surface area contributed by atoms with E-state index in [4.69, 9.17) is 16.3 Å². The Balaban J connectivity index is 1.37. The van der Waals surface area contributed by atoms with Crippen molar-refractivity contribution in [2.45, 2.75) is 68.5 Å². The molecule has 0 heterocycles. The summed E-state index contributed by atoms with van der Waals surface area (Å²) in [6.07, 6.45) is 1.02. The fraction of sp³-hybridized carbons (Fsp3) is 0.636. The van der Waals surface area contributed by atoms with Crippen LogP contribution in [0, 0.1) is 17.3 Å². The summed E-state index contributed by atoms with van der Waals surface area (Å²) < 4.78 is 44.2. The predicted molar refractivity (Wildman–Crippen MR) is 114 cm³/mol. The Hall–Kier alpha value is -1.28. The molecule has 0 radical (unpaired) electrons. The molecule has 4 aliphatic rings. The van der Waals surface area contributed by atoms with Crippen LogP contribution in [0.2, 0.25) is 5.02 Å². The molecule has 4 aliphatic carbocycles. The van der Waals surface area contributed by atoms with Gasteiger partial charge in [-0.2, -0.15) is 13.2 Å². The summed E-state index contributed by atoms with van der Waals surface area (Å²) in [6.45, 7) is 1.40. The molecule has 1 aromatic rings. The number of carbonyl (C=O) groups excluding carboxylic acids is 2. The summed E-state index contributed by atoms with van der Waals surface area (Å²) in [5.41, 5.74) is -1.19. The van der Waals surface area contributed by atoms with Gasteiger partial charge in [0, 0.05) is 4.32 Å². The first-order valence-corrected chi connectivity index (χ1v) is 11.6. The zero-order chi connectivity index (χ0) is 22.6. The molecule has 4 nitrogen and oxygen atoms in total. The molecule has 4 bridgehead atoms. The highest BCUT2D eigenvalue weighted by Gasteiger charge is 2.57. The first-order valence-electron chi connectivity index (χ1n) is 10.4. The van der Waals surface area contributed by atoms with Crippen molar-refractivity contribution in [2.24, 2.45) is 17.3 Å². The maximum atomic E-state index is 12.9. The lowest BCUT2D eigenvalue weighted by atomic mass is 9.49. The third-order valence-corrected chi connectivity index (χ3v) is 8.12. The van der Waals surface area contributed by atoms with Crippen LogP contribution >= 0.6 is 27.5 Å². The number of halogens is 5. The highest BCUT2D eigenvalue weighted by molar-refractivity contribution is 9.10. The van der Waals surface area contributed by atoms with Gasteiger partial charge in [-0.25, -0.2) is 0 Å². The van der Waals surface area contributed by atoms with Crippen molar-refractivity contribution >= 4 is 45.1 Å². The van der Waals surface area contributed by atoms with E-state index in [9.17, 15) is 22.8 Å². The van der Waals surface area contributed by atoms with Gasteiger partial charge in [0.2, 0.25) is 0 Å². The summed E-state index contributed by atoms with van der Waals surface area (Å²) in [6, 6.07) is 2.67. The van der Waals surface area contributed by atoms with Crippen molar-refractivity contribution in [1.29, 1.82) is 0 Å². The third-order valence-electron chi connectivity index (χ3n) is 6.86. The molecule has 0 spiro atoms. The largest absolute Gasteiger partial charge is 0.453 e. The summed E-state index contributed by atoms with van der Waals surface area (Å²) in [7, 11) is 0. The molecule has 0 aliphatic heterocycles. The van der Waals surface area contributed by atoms with Crippen molar-refractivity contribution in [3.8, 4) is 0 Å². The van der Waals surface area contributed by atoms with Crippen molar-refractivity contribution in [2.75, 3.05) is 5.32 Å². The van der Waals surface area contributed by atoms with E-state index in [1.54, 1.807) is 0 Å². The van der Waals surface area contributed by atoms with Gasteiger partial charge in [0.05, 0.1) is 22.7 Å². The van der Waals surface area contributed by atoms with Crippen LogP contribution in [0.5, 0.6) is 0 Å². The Morgan fingerprint density at radius 1 is 1.26 bits per heavy atom. The number of nitrogens with one attached hydrogen (secondary N) is 1. The molecule has 170 valence electrons. The molecule has 4 saturated carbocycles. The van der Waals surface area contributed by atoms with Gasteiger partial charge >= 0.3 is 12.1 Å². The fourth-order valence-electron chi connectivity index (χ4n) is 6.17. The van der Waals surface area contributed by atoms with Crippen LogP contribution in [0.1, 0.15) is 57.4 Å². The van der Waals surface area contributed by atoms with Crippen LogP contribution in [-0.2, 0) is 20.5 Å². The first kappa shape index (κ1) is 22.9. The number of benzene rings is 1. The van der Waals surface area contributed by atoms with Gasteiger partial charge in [-0.05, 0) is 80.9 Å². The minimum atomic E-state index is -4.56. The Bertz CT molecular complexity index is 892. The van der Waals surface area contributed by atoms with E-state index in [1.807, 2.05) is 0 Å². The van der Waals surface area contributed by atoms with E-state index in [2.05, 4.69) is 21.2 Å². The minimum absolute atomic E-state index is 0.0314. The third kappa shape index (κ3) is 4.90. The van der Waals surface area contributed by atoms with Gasteiger partial charge in [-0.15, -0.1) is 0 Å². The topological polar surface area (TPSA) is 55.4 Å². The molecular formula is C22H24BrClF3NO3. The second kappa shape index (κ2) is 7.94. The molecule has 4 fully saturated rings. The second-order valence-corrected chi connectivity index (χ2v) is 11.7. The van der Waals surface area contributed by atoms with Crippen LogP contribution in [0.15, 0.2) is 18.2 Å². The van der Waals surface area contributed by atoms with E-state index >= 15 is 0 Å². The minimum Gasteiger partial charge on any atom is -0.453 e. The number of rotatable bonds is 5. The van der Waals surface area contributed by atoms with E-state index in [-0.39, 0.29) is 26.9 Å². The number of alkyl halides is 4. The summed E-state index contributed by atoms with van der Waals surface area (Å²) in [4.78, 5) is 25.1. The summed E-state index contributed by atoms with van der Waals surface area (Å²) in [5, 5.41) is 2.31. The fourth-order valence-corrected chi connectivity index (χ4v) is 7.85. The monoisotopic (exact) mass is 521 g/mol. The van der Waals surface area contributed by atoms with Crippen LogP contribution in [0.4, 0.5) is 18.9 Å². The van der Waals surface area contributed by atoms with E-state index in [1.165, 1.54) is 13.3 Å². The van der Waals surface area contributed by atoms with Crippen LogP contribution in [0.3, 0.4) is 0 Å². The molecule has 3 unspecified atom stereocenters. The SMILES string of the molecule is CC(OC(=O)CC12CC3CC(CC(Br)(C3)C1)C2)C(=O)Nc1cc(C(F)(F)F)ccc1Cl. The zero-order valence-electron chi connectivity index (χ0n) is 17.0. The molecule has 5 rings (SSSR count). The standard InChI is InChI=1S/C22H24BrClF3NO3/c1-12(19(30)28-17-5-15(22(25,26)27)2-3-16(17)24)31-18(29)10-20-6-13-4-14(7-20)9-21(23,8-13)11-20/h2-3,5,12-14H,4,6-11H2,1H3,(H,28,30). The van der Waals surface area contributed by atoms with Crippen LogP contribution < -0.4 is 5.32 Å². The van der Waals surface area contributed by atoms with Crippen molar-refractivity contribution in [3.63, 3.8) is 0 Å². The second-order valence-electron chi connectivity index (χ2n) is 9.60. The first-order chi connectivity index (χ1) is 14.4. The number of anilines is 1. The number of hydrogen-bond acceptors (Lipinski definition) is 3. The van der Waals surface area contributed by atoms with Crippen molar-refractivity contribution in [1.82, 2.24) is 0 Å². The number of hydrogen-bond donors (Lipinski definition) is 1. The van der Waals surface area contributed by atoms with Gasteiger partial charge < -0.3 is 10.1 Å². The molecule has 1 N–H and O–H groups in total. The molecule has 31 heavy (non-hydrogen) atoms. The van der Waals surface area contributed by atoms with Crippen LogP contribution in [0.25, 0.3) is 0 Å². The summed E-state index contributed by atoms with van der Waals surface area (Å²) in [5.74, 6) is 0.0716. The molecular weight excluding hydrogens is 499 g/mol. The Morgan fingerprint density at radius 2 is 1.90 bits per heavy atom. The van der Waals surface area contributed by atoms with E-state index in [0.717, 1.165) is 50.3 Å². The number of ether oxygens (including phenoxy) is 1. The molecule has 0 saturated heterocycles. The number of esters is 1. The highest BCUT2D eigenvalue weighted by Crippen LogP contribution is 2.65. The number of amides is 1. The lowest BCUT2D eigenvalue weighted by Gasteiger charge is -2.60. The van der Waals surface area contributed by atoms with E-state index < -0.39 is 29.7 Å². The van der Waals surface area contributed by atoms with Gasteiger partial charge in [0.1, 0.15) is 0 Å². The maximum absolute atomic E-state index is 12.9. The van der Waals surface area contributed by atoms with Crippen molar-refractivity contribution < 1.29 is 27.5 Å². The molecule has 1 amide bonds. The quantitative estimate of drug-likeness (QED) is 0.362. The Kier molecular flexibility index (Phi) is 5.86. The van der Waals surface area contributed by atoms with Crippen LogP contribution in [-0.4, -0.2) is 22.3 Å². The highest BCUT2D eigenvalue weighted by atomic mass is 79.9. The summed E-state index contributed by atoms with van der Waals surface area (Å²) >= 11 is 9.83. The predicted octanol–water partition coefficient (Wildman–Crippen LogP) is 6.35. The molecule has 3 atom stereocenters. The molecule has 0 aromatic heterocycles. The Morgan fingerprint density at radius 3 is 2.48 bits per heavy atom. The van der Waals surface area contributed by atoms with Gasteiger partial charge in [0.15, 0.2) is 6.10 Å². The zero-order valence-corrected chi connectivity index (χ0v) is 19.4. The normalized spacial score (nSPS) is 32.6. The molecule has 1 aromatic carbocycles. The van der Waals surface area contributed by atoms with Gasteiger partial charge in [0.25, 0.3) is 5.91 Å². The number of carbonyl (C=O) groups is 2. The Labute approximate surface area is 192 Å². The van der Waals surface area contributed by atoms with Gasteiger partial charge in [-0.1, -0.05) is 27.5 Å². The lowest BCUT2D eigenvalue weighted by molar-refractivity contribution is -0.159.